The van der Waals surface area contributed by atoms with E-state index in [0.29, 0.717) is 0 Å². The molecule has 0 aromatic heterocycles. The fraction of sp³-hybridized carbons (Fsp3) is 0. The molecular formula is C8H4ClNO2. The van der Waals surface area contributed by atoms with Crippen LogP contribution < -0.4 is 0 Å². The van der Waals surface area contributed by atoms with Gasteiger partial charge in [0.1, 0.15) is 6.07 Å². The van der Waals surface area contributed by atoms with E-state index in [1.54, 1.807) is 0 Å². The first kappa shape index (κ1) is 8.57. The quantitative estimate of drug-likeness (QED) is 0.720. The highest BCUT2D eigenvalue weighted by atomic mass is 35.5. The number of hydrogen-bond donors (Lipinski definition) is 1. The molecule has 1 aromatic carbocycles. The molecule has 0 radical (unpaired) electrons. The van der Waals surface area contributed by atoms with Gasteiger partial charge in [0.05, 0.1) is 16.1 Å². The highest BCUT2D eigenvalue weighted by Gasteiger charge is 2.05. The van der Waals surface area contributed by atoms with Gasteiger partial charge < -0.3 is 5.11 Å². The van der Waals surface area contributed by atoms with Crippen LogP contribution in [0.25, 0.3) is 0 Å². The molecular weight excluding hydrogens is 178 g/mol. The fourth-order valence-corrected chi connectivity index (χ4v) is 0.962. The van der Waals surface area contributed by atoms with Gasteiger partial charge in [-0.2, -0.15) is 5.26 Å². The van der Waals surface area contributed by atoms with Crippen LogP contribution in [-0.4, -0.2) is 11.1 Å². The zero-order chi connectivity index (χ0) is 9.14. The minimum absolute atomic E-state index is 0.0824. The molecule has 0 atom stereocenters. The van der Waals surface area contributed by atoms with E-state index in [-0.39, 0.29) is 16.1 Å². The second-order valence-corrected chi connectivity index (χ2v) is 2.52. The lowest BCUT2D eigenvalue weighted by Crippen LogP contribution is -1.95. The van der Waals surface area contributed by atoms with Gasteiger partial charge in [0.15, 0.2) is 0 Å². The number of hydrogen-bond acceptors (Lipinski definition) is 2. The summed E-state index contributed by atoms with van der Waals surface area (Å²) in [5.74, 6) is -1.05. The largest absolute Gasteiger partial charge is 0.478 e. The van der Waals surface area contributed by atoms with E-state index in [0.717, 1.165) is 0 Å². The van der Waals surface area contributed by atoms with E-state index in [1.165, 1.54) is 18.2 Å². The number of nitriles is 1. The van der Waals surface area contributed by atoms with Crippen molar-refractivity contribution in [3.8, 4) is 6.07 Å². The minimum Gasteiger partial charge on any atom is -0.478 e. The Morgan fingerprint density at radius 3 is 2.67 bits per heavy atom. The van der Waals surface area contributed by atoms with E-state index in [9.17, 15) is 4.79 Å². The number of halogens is 1. The summed E-state index contributed by atoms with van der Waals surface area (Å²) in [7, 11) is 0. The van der Waals surface area contributed by atoms with Crippen LogP contribution in [0.4, 0.5) is 0 Å². The average molecular weight is 182 g/mol. The second-order valence-electron chi connectivity index (χ2n) is 2.11. The third kappa shape index (κ3) is 1.55. The van der Waals surface area contributed by atoms with Crippen molar-refractivity contribution in [2.24, 2.45) is 0 Å². The van der Waals surface area contributed by atoms with Crippen LogP contribution in [0, 0.1) is 11.3 Å². The third-order valence-corrected chi connectivity index (χ3v) is 1.65. The van der Waals surface area contributed by atoms with Crippen molar-refractivity contribution in [1.82, 2.24) is 0 Å². The lowest BCUT2D eigenvalue weighted by molar-refractivity contribution is 0.0697. The second kappa shape index (κ2) is 3.24. The molecule has 3 nitrogen and oxygen atoms in total. The Kier molecular flexibility index (Phi) is 2.32. The van der Waals surface area contributed by atoms with Gasteiger partial charge in [-0.25, -0.2) is 4.79 Å². The normalized spacial score (nSPS) is 9.00. The minimum atomic E-state index is -1.05. The molecule has 0 amide bonds. The first-order valence-electron chi connectivity index (χ1n) is 3.08. The van der Waals surface area contributed by atoms with Gasteiger partial charge in [-0.3, -0.25) is 0 Å². The summed E-state index contributed by atoms with van der Waals surface area (Å²) >= 11 is 5.59. The molecule has 0 unspecified atom stereocenters. The lowest BCUT2D eigenvalue weighted by atomic mass is 10.1. The Balaban J connectivity index is 3.21. The number of rotatable bonds is 1. The summed E-state index contributed by atoms with van der Waals surface area (Å²) in [6, 6.07) is 5.81. The van der Waals surface area contributed by atoms with Crippen molar-refractivity contribution >= 4 is 17.6 Å². The zero-order valence-corrected chi connectivity index (χ0v) is 6.67. The molecule has 0 bridgehead atoms. The summed E-state index contributed by atoms with van der Waals surface area (Å²) in [5, 5.41) is 17.2. The van der Waals surface area contributed by atoms with E-state index in [2.05, 4.69) is 0 Å². The summed E-state index contributed by atoms with van der Waals surface area (Å²) in [6.45, 7) is 0. The smallest absolute Gasteiger partial charge is 0.335 e. The Labute approximate surface area is 73.8 Å². The van der Waals surface area contributed by atoms with Crippen LogP contribution in [0.1, 0.15) is 15.9 Å². The van der Waals surface area contributed by atoms with Crippen LogP contribution in [0.15, 0.2) is 18.2 Å². The maximum absolute atomic E-state index is 10.4. The van der Waals surface area contributed by atoms with E-state index < -0.39 is 5.97 Å². The molecule has 4 heteroatoms. The maximum Gasteiger partial charge on any atom is 0.335 e. The summed E-state index contributed by atoms with van der Waals surface area (Å²) in [5.41, 5.74) is 0.362. The van der Waals surface area contributed by atoms with Crippen LogP contribution in [0.3, 0.4) is 0 Å². The van der Waals surface area contributed by atoms with Crippen molar-refractivity contribution in [3.63, 3.8) is 0 Å². The molecule has 1 aromatic rings. The molecule has 0 spiro atoms. The predicted octanol–water partition coefficient (Wildman–Crippen LogP) is 1.91. The Morgan fingerprint density at radius 2 is 2.25 bits per heavy atom. The first-order chi connectivity index (χ1) is 5.65. The summed E-state index contributed by atoms with van der Waals surface area (Å²) in [6.07, 6.45) is 0. The topological polar surface area (TPSA) is 61.1 Å². The van der Waals surface area contributed by atoms with Crippen molar-refractivity contribution in [2.45, 2.75) is 0 Å². The molecule has 0 aliphatic heterocycles. The Hall–Kier alpha value is -1.53. The summed E-state index contributed by atoms with van der Waals surface area (Å²) < 4.78 is 0. The Bertz CT molecular complexity index is 368. The van der Waals surface area contributed by atoms with Crippen LogP contribution in [0.2, 0.25) is 5.02 Å². The number of carboxylic acid groups (broad SMARTS) is 1. The number of benzene rings is 1. The van der Waals surface area contributed by atoms with Gasteiger partial charge in [0, 0.05) is 0 Å². The van der Waals surface area contributed by atoms with Gasteiger partial charge in [0.2, 0.25) is 0 Å². The molecule has 0 fully saturated rings. The number of carbonyl (C=O) groups is 1. The molecule has 12 heavy (non-hydrogen) atoms. The predicted molar refractivity (Wildman–Crippen MR) is 43.1 cm³/mol. The number of nitrogens with zero attached hydrogens (tertiary/aromatic N) is 1. The summed E-state index contributed by atoms with van der Waals surface area (Å²) in [4.78, 5) is 10.4. The van der Waals surface area contributed by atoms with Gasteiger partial charge in [-0.05, 0) is 18.2 Å². The van der Waals surface area contributed by atoms with Gasteiger partial charge in [-0.15, -0.1) is 0 Å². The van der Waals surface area contributed by atoms with E-state index >= 15 is 0 Å². The van der Waals surface area contributed by atoms with Gasteiger partial charge >= 0.3 is 5.97 Å². The molecule has 0 heterocycles. The van der Waals surface area contributed by atoms with Crippen LogP contribution >= 0.6 is 11.6 Å². The zero-order valence-electron chi connectivity index (χ0n) is 5.91. The Morgan fingerprint density at radius 1 is 1.58 bits per heavy atom. The van der Waals surface area contributed by atoms with Crippen molar-refractivity contribution in [2.75, 3.05) is 0 Å². The molecule has 0 saturated carbocycles. The molecule has 0 aliphatic carbocycles. The molecule has 1 rings (SSSR count). The number of carboxylic acids is 1. The number of aromatic carboxylic acids is 1. The van der Waals surface area contributed by atoms with Crippen molar-refractivity contribution in [1.29, 1.82) is 5.26 Å². The average Bonchev–Trinajstić information content (AvgIpc) is 2.04. The fourth-order valence-electron chi connectivity index (χ4n) is 0.739. The van der Waals surface area contributed by atoms with Gasteiger partial charge in [-0.1, -0.05) is 11.6 Å². The van der Waals surface area contributed by atoms with Crippen LogP contribution in [-0.2, 0) is 0 Å². The highest BCUT2D eigenvalue weighted by Crippen LogP contribution is 2.16. The molecule has 0 aliphatic rings. The third-order valence-electron chi connectivity index (χ3n) is 1.34. The lowest BCUT2D eigenvalue weighted by Gasteiger charge is -1.96. The molecule has 1 N–H and O–H groups in total. The monoisotopic (exact) mass is 181 g/mol. The van der Waals surface area contributed by atoms with Crippen molar-refractivity contribution in [3.05, 3.63) is 34.3 Å². The molecule has 0 saturated heterocycles. The maximum atomic E-state index is 10.4. The van der Waals surface area contributed by atoms with Gasteiger partial charge in [0.25, 0.3) is 0 Å². The van der Waals surface area contributed by atoms with E-state index in [4.69, 9.17) is 22.0 Å². The van der Waals surface area contributed by atoms with Crippen molar-refractivity contribution < 1.29 is 9.90 Å². The SMILES string of the molecule is N#Cc1ccc(C(=O)O)cc1Cl. The van der Waals surface area contributed by atoms with Crippen LogP contribution in [0.5, 0.6) is 0 Å². The standard InChI is InChI=1S/C8H4ClNO2/c9-7-3-5(8(11)12)1-2-6(7)4-10/h1-3H,(H,11,12). The van der Waals surface area contributed by atoms with E-state index in [1.807, 2.05) is 6.07 Å². The highest BCUT2D eigenvalue weighted by molar-refractivity contribution is 6.32. The first-order valence-corrected chi connectivity index (χ1v) is 3.46. The molecule has 60 valence electrons.